The van der Waals surface area contributed by atoms with Gasteiger partial charge in [0.25, 0.3) is 0 Å². The summed E-state index contributed by atoms with van der Waals surface area (Å²) in [5, 5.41) is 0. The minimum Gasteiger partial charge on any atom is -0.297 e. The summed E-state index contributed by atoms with van der Waals surface area (Å²) in [6, 6.07) is 19.6. The van der Waals surface area contributed by atoms with E-state index in [0.29, 0.717) is 5.96 Å². The lowest BCUT2D eigenvalue weighted by atomic mass is 9.80. The number of guanidine groups is 1. The summed E-state index contributed by atoms with van der Waals surface area (Å²) in [6.45, 7) is 0. The maximum absolute atomic E-state index is 13.0. The normalized spacial score (nSPS) is 28.4. The molecule has 25 heavy (non-hydrogen) atoms. The van der Waals surface area contributed by atoms with Gasteiger partial charge in [-0.3, -0.25) is 15.5 Å². The van der Waals surface area contributed by atoms with Gasteiger partial charge in [-0.25, -0.2) is 15.2 Å². The van der Waals surface area contributed by atoms with Crippen LogP contribution in [-0.2, 0) is 11.3 Å². The van der Waals surface area contributed by atoms with E-state index in [-0.39, 0.29) is 6.03 Å². The quantitative estimate of drug-likeness (QED) is 0.577. The molecule has 0 spiro atoms. The highest BCUT2D eigenvalue weighted by atomic mass is 16.2. The summed E-state index contributed by atoms with van der Waals surface area (Å²) < 4.78 is 0. The maximum Gasteiger partial charge on any atom is 0.360 e. The van der Waals surface area contributed by atoms with Gasteiger partial charge in [0.2, 0.25) is 11.3 Å². The molecular formula is C18H21N6O+. The Kier molecular flexibility index (Phi) is 3.23. The van der Waals surface area contributed by atoms with Crippen LogP contribution in [-0.4, -0.2) is 35.9 Å². The van der Waals surface area contributed by atoms with Crippen LogP contribution in [0.25, 0.3) is 0 Å². The average molecular weight is 337 g/mol. The Balaban J connectivity index is 2.10. The summed E-state index contributed by atoms with van der Waals surface area (Å²) >= 11 is 0. The van der Waals surface area contributed by atoms with Crippen LogP contribution < -0.4 is 21.6 Å². The molecule has 2 aliphatic rings. The van der Waals surface area contributed by atoms with Crippen LogP contribution in [0, 0.1) is 0 Å². The van der Waals surface area contributed by atoms with E-state index in [9.17, 15) is 4.79 Å². The fourth-order valence-electron chi connectivity index (χ4n) is 4.04. The van der Waals surface area contributed by atoms with Crippen molar-refractivity contribution in [3.63, 3.8) is 0 Å². The molecule has 2 aliphatic heterocycles. The Morgan fingerprint density at radius 3 is 2.08 bits per heavy atom. The van der Waals surface area contributed by atoms with Gasteiger partial charge < -0.3 is 0 Å². The fourth-order valence-corrected chi connectivity index (χ4v) is 4.04. The van der Waals surface area contributed by atoms with Crippen molar-refractivity contribution < 1.29 is 9.79 Å². The summed E-state index contributed by atoms with van der Waals surface area (Å²) in [6.07, 6.45) is 0. The van der Waals surface area contributed by atoms with Crippen molar-refractivity contribution in [3.05, 3.63) is 71.8 Å². The molecule has 1 saturated heterocycles. The molecular weight excluding hydrogens is 316 g/mol. The molecule has 0 aliphatic carbocycles. The van der Waals surface area contributed by atoms with Gasteiger partial charge in [-0.2, -0.15) is 0 Å². The van der Waals surface area contributed by atoms with Crippen molar-refractivity contribution >= 4 is 12.0 Å². The second-order valence-electron chi connectivity index (χ2n) is 6.34. The number of amides is 2. The minimum absolute atomic E-state index is 0.121. The molecule has 0 aromatic heterocycles. The number of rotatable bonds is 2. The molecule has 0 unspecified atom stereocenters. The summed E-state index contributed by atoms with van der Waals surface area (Å²) in [5.74, 6) is 0.352. The first-order valence-corrected chi connectivity index (χ1v) is 8.10. The highest BCUT2D eigenvalue weighted by Crippen LogP contribution is 2.47. The zero-order chi connectivity index (χ0) is 17.7. The van der Waals surface area contributed by atoms with Gasteiger partial charge in [0.05, 0.1) is 0 Å². The predicted octanol–water partition coefficient (Wildman–Crippen LogP) is -0.807. The monoisotopic (exact) mass is 337 g/mol. The number of likely N-dealkylation sites (N-methyl/N-ethyl adjacent to an activating group) is 2. The third-order valence-electron chi connectivity index (χ3n) is 5.18. The standard InChI is InChI=1S/C18H20N6O/c1-23-16(25)24(2)18(14-11-7-4-8-12-14)17(23,20-15(19)21-22-18)13-9-5-3-6-10-13/h3-12,22H,1-2H3,(H3,19,20,21)/p+1/t17-,18+/m1/s1. The first-order chi connectivity index (χ1) is 12.0. The van der Waals surface area contributed by atoms with Crippen molar-refractivity contribution in [1.29, 1.82) is 0 Å². The van der Waals surface area contributed by atoms with Crippen molar-refractivity contribution in [2.75, 3.05) is 14.1 Å². The molecule has 7 heteroatoms. The zero-order valence-corrected chi connectivity index (χ0v) is 14.2. The largest absolute Gasteiger partial charge is 0.360 e. The van der Waals surface area contributed by atoms with Gasteiger partial charge in [0.15, 0.2) is 0 Å². The van der Waals surface area contributed by atoms with Gasteiger partial charge in [-0.15, -0.1) is 5.43 Å². The molecule has 2 atom stereocenters. The Labute approximate surface area is 146 Å². The van der Waals surface area contributed by atoms with Gasteiger partial charge >= 0.3 is 12.0 Å². The Hall–Kier alpha value is -3.06. The predicted molar refractivity (Wildman–Crippen MR) is 93.6 cm³/mol. The molecule has 0 saturated carbocycles. The highest BCUT2D eigenvalue weighted by Gasteiger charge is 2.71. The summed E-state index contributed by atoms with van der Waals surface area (Å²) in [5.41, 5.74) is 12.4. The molecule has 2 amide bonds. The smallest absolute Gasteiger partial charge is 0.297 e. The Bertz CT molecular complexity index is 839. The maximum atomic E-state index is 13.0. The number of fused-ring (bicyclic) bond motifs is 1. The molecule has 2 aromatic rings. The van der Waals surface area contributed by atoms with Crippen LogP contribution in [0.4, 0.5) is 4.79 Å². The third-order valence-corrected chi connectivity index (χ3v) is 5.18. The third kappa shape index (κ3) is 1.78. The number of hydrazine groups is 1. The van der Waals surface area contributed by atoms with E-state index in [1.165, 1.54) is 0 Å². The van der Waals surface area contributed by atoms with Crippen LogP contribution in [0.5, 0.6) is 0 Å². The second-order valence-corrected chi connectivity index (χ2v) is 6.34. The Morgan fingerprint density at radius 1 is 0.920 bits per heavy atom. The first-order valence-electron chi connectivity index (χ1n) is 8.10. The van der Waals surface area contributed by atoms with Crippen LogP contribution in [0.15, 0.2) is 60.7 Å². The molecule has 5 N–H and O–H groups in total. The molecule has 0 radical (unpaired) electrons. The van der Waals surface area contributed by atoms with E-state index < -0.39 is 11.3 Å². The number of nitrogens with one attached hydrogen (secondary N) is 3. The summed E-state index contributed by atoms with van der Waals surface area (Å²) in [4.78, 5) is 19.8. The number of hydrogen-bond acceptors (Lipinski definition) is 4. The SMILES string of the molecule is CN1C(=O)N(C)[C@]2(c3ccccc3)NNC(N)=[NH+][C@]12c1ccccc1. The molecule has 4 rings (SSSR count). The van der Waals surface area contributed by atoms with Crippen molar-refractivity contribution in [2.45, 2.75) is 11.3 Å². The molecule has 1 fully saturated rings. The van der Waals surface area contributed by atoms with E-state index in [1.54, 1.807) is 23.9 Å². The van der Waals surface area contributed by atoms with Crippen LogP contribution in [0.1, 0.15) is 11.1 Å². The lowest BCUT2D eigenvalue weighted by Gasteiger charge is -2.47. The van der Waals surface area contributed by atoms with Gasteiger partial charge in [0.1, 0.15) is 0 Å². The highest BCUT2D eigenvalue weighted by molar-refractivity contribution is 5.81. The molecule has 2 heterocycles. The molecule has 128 valence electrons. The lowest BCUT2D eigenvalue weighted by molar-refractivity contribution is -0.620. The van der Waals surface area contributed by atoms with Crippen LogP contribution in [0.3, 0.4) is 0 Å². The van der Waals surface area contributed by atoms with Crippen LogP contribution in [0.2, 0.25) is 0 Å². The van der Waals surface area contributed by atoms with Crippen molar-refractivity contribution in [1.82, 2.24) is 20.7 Å². The lowest BCUT2D eigenvalue weighted by Crippen LogP contribution is -3.01. The summed E-state index contributed by atoms with van der Waals surface area (Å²) in [7, 11) is 3.57. The number of carbonyl (C=O) groups excluding carboxylic acids is 1. The van der Waals surface area contributed by atoms with E-state index >= 15 is 0 Å². The van der Waals surface area contributed by atoms with E-state index in [1.807, 2.05) is 60.7 Å². The van der Waals surface area contributed by atoms with Crippen molar-refractivity contribution in [3.8, 4) is 0 Å². The molecule has 0 bridgehead atoms. The average Bonchev–Trinajstić information content (AvgIpc) is 2.83. The Morgan fingerprint density at radius 2 is 1.48 bits per heavy atom. The number of carbonyl (C=O) groups is 1. The minimum atomic E-state index is -0.920. The van der Waals surface area contributed by atoms with Gasteiger partial charge in [-0.1, -0.05) is 60.7 Å². The number of urea groups is 1. The van der Waals surface area contributed by atoms with Gasteiger partial charge in [0, 0.05) is 25.2 Å². The van der Waals surface area contributed by atoms with Gasteiger partial charge in [-0.05, 0) is 0 Å². The number of nitrogens with two attached hydrogens (primary N) is 1. The molecule has 2 aromatic carbocycles. The zero-order valence-electron chi connectivity index (χ0n) is 14.2. The number of benzene rings is 2. The first kappa shape index (κ1) is 15.5. The van der Waals surface area contributed by atoms with E-state index in [2.05, 4.69) is 15.8 Å². The van der Waals surface area contributed by atoms with Crippen molar-refractivity contribution in [2.24, 2.45) is 5.73 Å². The molecule has 7 nitrogen and oxygen atoms in total. The topological polar surface area (TPSA) is 87.6 Å². The van der Waals surface area contributed by atoms with E-state index in [4.69, 9.17) is 5.73 Å². The fraction of sp³-hybridized carbons (Fsp3) is 0.222. The van der Waals surface area contributed by atoms with Crippen LogP contribution >= 0.6 is 0 Å². The van der Waals surface area contributed by atoms with E-state index in [0.717, 1.165) is 11.1 Å². The number of hydrogen-bond donors (Lipinski definition) is 4. The number of nitrogens with zero attached hydrogens (tertiary/aromatic N) is 2. The second kappa shape index (κ2) is 5.22.